The summed E-state index contributed by atoms with van der Waals surface area (Å²) >= 11 is 5.81. The van der Waals surface area contributed by atoms with Gasteiger partial charge in [-0.3, -0.25) is 20.3 Å². The van der Waals surface area contributed by atoms with E-state index in [-0.39, 0.29) is 21.7 Å². The lowest BCUT2D eigenvalue weighted by atomic mass is 9.87. The van der Waals surface area contributed by atoms with Gasteiger partial charge in [0.05, 0.1) is 16.0 Å². The minimum atomic E-state index is -4.04. The van der Waals surface area contributed by atoms with Gasteiger partial charge in [0.15, 0.2) is 0 Å². The molecule has 0 aliphatic heterocycles. The van der Waals surface area contributed by atoms with Crippen LogP contribution in [0.5, 0.6) is 0 Å². The first-order chi connectivity index (χ1) is 15.5. The first-order valence-corrected chi connectivity index (χ1v) is 11.8. The Kier molecular flexibility index (Phi) is 7.04. The minimum absolute atomic E-state index is 0.0268. The molecule has 0 heterocycles. The smallest absolute Gasteiger partial charge is 0.280 e. The molecule has 0 atom stereocenters. The highest BCUT2D eigenvalue weighted by atomic mass is 35.5. The van der Waals surface area contributed by atoms with Crippen molar-refractivity contribution >= 4 is 44.9 Å². The van der Waals surface area contributed by atoms with E-state index < -0.39 is 20.6 Å². The number of benzene rings is 3. The zero-order valence-electron chi connectivity index (χ0n) is 18.2. The minimum Gasteiger partial charge on any atom is -0.280 e. The molecule has 0 spiro atoms. The van der Waals surface area contributed by atoms with Crippen molar-refractivity contribution in [2.24, 2.45) is 5.10 Å². The van der Waals surface area contributed by atoms with Crippen LogP contribution in [0.2, 0.25) is 5.02 Å². The van der Waals surface area contributed by atoms with Gasteiger partial charge in [-0.25, -0.2) is 8.42 Å². The van der Waals surface area contributed by atoms with Gasteiger partial charge < -0.3 is 0 Å². The molecule has 0 aliphatic rings. The molecule has 0 bridgehead atoms. The number of sulfonamides is 1. The van der Waals surface area contributed by atoms with Crippen molar-refractivity contribution in [1.29, 1.82) is 0 Å². The topological polar surface area (TPSA) is 114 Å². The number of nitrogens with zero attached hydrogens (tertiary/aromatic N) is 2. The average Bonchev–Trinajstić information content (AvgIpc) is 2.75. The highest BCUT2D eigenvalue weighted by Gasteiger charge is 2.21. The van der Waals surface area contributed by atoms with Crippen molar-refractivity contribution < 1.29 is 13.3 Å². The summed E-state index contributed by atoms with van der Waals surface area (Å²) in [6.45, 7) is 6.35. The lowest BCUT2D eigenvalue weighted by Gasteiger charge is -2.18. The normalized spacial score (nSPS) is 12.0. The Morgan fingerprint density at radius 2 is 1.64 bits per heavy atom. The lowest BCUT2D eigenvalue weighted by Crippen LogP contribution is -2.13. The zero-order valence-corrected chi connectivity index (χ0v) is 19.8. The molecular formula is C23H23ClN4O4S. The van der Waals surface area contributed by atoms with E-state index in [0.29, 0.717) is 5.02 Å². The van der Waals surface area contributed by atoms with Crippen LogP contribution in [0.3, 0.4) is 0 Å². The fourth-order valence-electron chi connectivity index (χ4n) is 2.90. The van der Waals surface area contributed by atoms with Crippen molar-refractivity contribution in [3.05, 3.63) is 93.0 Å². The van der Waals surface area contributed by atoms with Gasteiger partial charge >= 0.3 is 0 Å². The van der Waals surface area contributed by atoms with Gasteiger partial charge in [0.25, 0.3) is 15.7 Å². The molecule has 2 N–H and O–H groups in total. The third-order valence-corrected chi connectivity index (χ3v) is 6.38. The Hall–Kier alpha value is -3.43. The molecule has 3 rings (SSSR count). The Labute approximate surface area is 197 Å². The van der Waals surface area contributed by atoms with Crippen molar-refractivity contribution in [3.63, 3.8) is 0 Å². The van der Waals surface area contributed by atoms with Crippen molar-refractivity contribution in [2.75, 3.05) is 10.1 Å². The monoisotopic (exact) mass is 486 g/mol. The molecule has 172 valence electrons. The molecule has 0 radical (unpaired) electrons. The second-order valence-corrected chi connectivity index (χ2v) is 10.4. The van der Waals surface area contributed by atoms with Gasteiger partial charge in [0.1, 0.15) is 5.69 Å². The standard InChI is InChI=1S/C23H23ClN4O4S/c1-23(2,3)17-6-4-16(5-7-17)15-25-26-21-13-12-20(14-22(21)28(29)30)33(31,32)27-19-10-8-18(24)9-11-19/h4-15,26-27H,1-3H3. The summed E-state index contributed by atoms with van der Waals surface area (Å²) in [5.41, 5.74) is 4.55. The van der Waals surface area contributed by atoms with Crippen molar-refractivity contribution in [1.82, 2.24) is 0 Å². The Morgan fingerprint density at radius 3 is 2.21 bits per heavy atom. The number of hydrogen-bond donors (Lipinski definition) is 2. The molecule has 0 saturated heterocycles. The predicted molar refractivity (Wildman–Crippen MR) is 132 cm³/mol. The molecule has 0 aliphatic carbocycles. The number of halogens is 1. The summed E-state index contributed by atoms with van der Waals surface area (Å²) < 4.78 is 27.7. The lowest BCUT2D eigenvalue weighted by molar-refractivity contribution is -0.384. The molecular weight excluding hydrogens is 464 g/mol. The largest absolute Gasteiger partial charge is 0.295 e. The van der Waals surface area contributed by atoms with Gasteiger partial charge in [-0.2, -0.15) is 5.10 Å². The Balaban J connectivity index is 1.79. The van der Waals surface area contributed by atoms with E-state index in [1.807, 2.05) is 24.3 Å². The quantitative estimate of drug-likeness (QED) is 0.249. The van der Waals surface area contributed by atoms with Gasteiger partial charge in [-0.15, -0.1) is 0 Å². The van der Waals surface area contributed by atoms with E-state index in [2.05, 4.69) is 36.0 Å². The summed E-state index contributed by atoms with van der Waals surface area (Å²) in [7, 11) is -4.04. The van der Waals surface area contributed by atoms with Gasteiger partial charge in [0.2, 0.25) is 0 Å². The number of nitro groups is 1. The molecule has 0 saturated carbocycles. The van der Waals surface area contributed by atoms with Crippen LogP contribution in [0.1, 0.15) is 31.9 Å². The van der Waals surface area contributed by atoms with Gasteiger partial charge in [0, 0.05) is 16.8 Å². The Morgan fingerprint density at radius 1 is 1.00 bits per heavy atom. The molecule has 0 aromatic heterocycles. The van der Waals surface area contributed by atoms with Crippen LogP contribution in [0.25, 0.3) is 0 Å². The van der Waals surface area contributed by atoms with Crippen LogP contribution >= 0.6 is 11.6 Å². The molecule has 0 amide bonds. The van der Waals surface area contributed by atoms with Crippen molar-refractivity contribution in [2.45, 2.75) is 31.1 Å². The van der Waals surface area contributed by atoms with Gasteiger partial charge in [-0.1, -0.05) is 56.6 Å². The maximum atomic E-state index is 12.7. The predicted octanol–water partition coefficient (Wildman–Crippen LogP) is 5.79. The van der Waals surface area contributed by atoms with Crippen LogP contribution in [0.15, 0.2) is 76.7 Å². The van der Waals surface area contributed by atoms with Crippen LogP contribution in [-0.4, -0.2) is 19.6 Å². The molecule has 3 aromatic rings. The molecule has 33 heavy (non-hydrogen) atoms. The van der Waals surface area contributed by atoms with E-state index >= 15 is 0 Å². The van der Waals surface area contributed by atoms with E-state index in [1.54, 1.807) is 0 Å². The number of hydrogen-bond acceptors (Lipinski definition) is 6. The number of rotatable bonds is 7. The molecule has 0 unspecified atom stereocenters. The summed E-state index contributed by atoms with van der Waals surface area (Å²) in [4.78, 5) is 10.6. The van der Waals surface area contributed by atoms with Crippen LogP contribution in [-0.2, 0) is 15.4 Å². The van der Waals surface area contributed by atoms with E-state index in [1.165, 1.54) is 48.2 Å². The highest BCUT2D eigenvalue weighted by molar-refractivity contribution is 7.92. The van der Waals surface area contributed by atoms with E-state index in [0.717, 1.165) is 11.6 Å². The first kappa shape index (κ1) is 24.2. The zero-order chi connectivity index (χ0) is 24.2. The van der Waals surface area contributed by atoms with Crippen LogP contribution in [0, 0.1) is 10.1 Å². The number of nitro benzene ring substituents is 1. The molecule has 0 fully saturated rings. The van der Waals surface area contributed by atoms with Crippen molar-refractivity contribution in [3.8, 4) is 0 Å². The summed E-state index contributed by atoms with van der Waals surface area (Å²) in [6.07, 6.45) is 1.53. The SMILES string of the molecule is CC(C)(C)c1ccc(C=NNc2ccc(S(=O)(=O)Nc3ccc(Cl)cc3)cc2[N+](=O)[O-])cc1. The number of hydrazone groups is 1. The first-order valence-electron chi connectivity index (χ1n) is 9.92. The number of anilines is 2. The highest BCUT2D eigenvalue weighted by Crippen LogP contribution is 2.29. The summed E-state index contributed by atoms with van der Waals surface area (Å²) in [5.74, 6) is 0. The van der Waals surface area contributed by atoms with Crippen LogP contribution < -0.4 is 10.1 Å². The molecule has 8 nitrogen and oxygen atoms in total. The summed E-state index contributed by atoms with van der Waals surface area (Å²) in [5, 5.41) is 16.1. The van der Waals surface area contributed by atoms with Crippen LogP contribution in [0.4, 0.5) is 17.1 Å². The maximum Gasteiger partial charge on any atom is 0.295 e. The van der Waals surface area contributed by atoms with Gasteiger partial charge in [-0.05, 0) is 52.9 Å². The fourth-order valence-corrected chi connectivity index (χ4v) is 4.11. The maximum absolute atomic E-state index is 12.7. The molecule has 10 heteroatoms. The second-order valence-electron chi connectivity index (χ2n) is 8.29. The average molecular weight is 487 g/mol. The third kappa shape index (κ3) is 6.30. The third-order valence-electron chi connectivity index (χ3n) is 4.75. The second kappa shape index (κ2) is 9.60. The Bertz CT molecular complexity index is 1280. The fraction of sp³-hybridized carbons (Fsp3) is 0.174. The summed E-state index contributed by atoms with van der Waals surface area (Å²) in [6, 6.07) is 17.4. The number of nitrogens with one attached hydrogen (secondary N) is 2. The molecule has 3 aromatic carbocycles. The van der Waals surface area contributed by atoms with E-state index in [4.69, 9.17) is 11.6 Å². The van der Waals surface area contributed by atoms with E-state index in [9.17, 15) is 18.5 Å².